The summed E-state index contributed by atoms with van der Waals surface area (Å²) in [6.45, 7) is 5.84. The number of esters is 1. The summed E-state index contributed by atoms with van der Waals surface area (Å²) in [4.78, 5) is 48.2. The number of carbonyl (C=O) groups is 3. The van der Waals surface area contributed by atoms with E-state index in [1.165, 1.54) is 18.4 Å². The fourth-order valence-corrected chi connectivity index (χ4v) is 6.46. The van der Waals surface area contributed by atoms with Crippen molar-refractivity contribution in [3.63, 3.8) is 0 Å². The second-order valence-corrected chi connectivity index (χ2v) is 12.9. The topological polar surface area (TPSA) is 97.3 Å². The first-order valence-corrected chi connectivity index (χ1v) is 14.5. The summed E-state index contributed by atoms with van der Waals surface area (Å²) in [5.74, 6) is 1.44. The second kappa shape index (κ2) is 12.2. The molecule has 8 nitrogen and oxygen atoms in total. The van der Waals surface area contributed by atoms with Crippen molar-refractivity contribution in [1.82, 2.24) is 10.2 Å². The zero-order valence-electron chi connectivity index (χ0n) is 23.9. The molecule has 1 aromatic carbocycles. The number of likely N-dealkylation sites (tertiary alicyclic amines) is 1. The number of oxime groups is 1. The van der Waals surface area contributed by atoms with E-state index in [2.05, 4.69) is 16.4 Å². The lowest BCUT2D eigenvalue weighted by atomic mass is 9.77. The first-order valence-electron chi connectivity index (χ1n) is 14.1. The number of rotatable bonds is 7. The summed E-state index contributed by atoms with van der Waals surface area (Å²) >= 11 is 6.18. The van der Waals surface area contributed by atoms with Crippen molar-refractivity contribution >= 4 is 35.1 Å². The van der Waals surface area contributed by atoms with Gasteiger partial charge in [0.05, 0.1) is 25.3 Å². The van der Waals surface area contributed by atoms with Gasteiger partial charge in [-0.3, -0.25) is 9.59 Å². The summed E-state index contributed by atoms with van der Waals surface area (Å²) in [5.41, 5.74) is 0.0128. The van der Waals surface area contributed by atoms with Gasteiger partial charge in [-0.1, -0.05) is 68.9 Å². The number of nitrogens with zero attached hydrogens (tertiary/aromatic N) is 2. The minimum absolute atomic E-state index is 0.137. The normalized spacial score (nSPS) is 24.6. The van der Waals surface area contributed by atoms with Gasteiger partial charge < -0.3 is 19.8 Å². The average Bonchev–Trinajstić information content (AvgIpc) is 3.53. The molecule has 4 rings (SSSR count). The van der Waals surface area contributed by atoms with Crippen molar-refractivity contribution in [2.45, 2.75) is 89.8 Å². The Morgan fingerprint density at radius 3 is 2.62 bits per heavy atom. The smallest absolute Gasteiger partial charge is 0.328 e. The SMILES string of the molecule is C#CCC(C(=O)N[C@H](C(=O)N1C[C@@]2(CC(c3cccc(Cl)c3)=NO2)C[C@H]1C(=O)OC)C(C)(C)C)C1CCCCC1. The lowest BCUT2D eigenvalue weighted by Gasteiger charge is -2.37. The predicted octanol–water partition coefficient (Wildman–Crippen LogP) is 4.73. The number of carbonyl (C=O) groups excluding carboxylic acids is 3. The van der Waals surface area contributed by atoms with Crippen LogP contribution in [0.3, 0.4) is 0 Å². The molecule has 0 aromatic heterocycles. The van der Waals surface area contributed by atoms with Gasteiger partial charge in [0.1, 0.15) is 12.1 Å². The summed E-state index contributed by atoms with van der Waals surface area (Å²) in [7, 11) is 1.30. The molecule has 40 heavy (non-hydrogen) atoms. The van der Waals surface area contributed by atoms with Gasteiger partial charge in [-0.2, -0.15) is 0 Å². The molecular formula is C31H40ClN3O5. The Kier molecular flexibility index (Phi) is 9.14. The van der Waals surface area contributed by atoms with Crippen LogP contribution in [0.4, 0.5) is 0 Å². The van der Waals surface area contributed by atoms with Crippen LogP contribution < -0.4 is 5.32 Å². The molecule has 1 aromatic rings. The molecule has 2 amide bonds. The van der Waals surface area contributed by atoms with Gasteiger partial charge >= 0.3 is 5.97 Å². The van der Waals surface area contributed by atoms with E-state index in [4.69, 9.17) is 27.6 Å². The third-order valence-corrected chi connectivity index (χ3v) is 8.68. The van der Waals surface area contributed by atoms with E-state index < -0.39 is 29.1 Å². The van der Waals surface area contributed by atoms with E-state index in [-0.39, 0.29) is 36.6 Å². The largest absolute Gasteiger partial charge is 0.467 e. The van der Waals surface area contributed by atoms with Crippen molar-refractivity contribution in [3.8, 4) is 12.3 Å². The Morgan fingerprint density at radius 2 is 2.00 bits per heavy atom. The summed E-state index contributed by atoms with van der Waals surface area (Å²) in [6.07, 6.45) is 11.9. The first-order chi connectivity index (χ1) is 19.0. The molecule has 1 spiro atoms. The Balaban J connectivity index is 1.56. The predicted molar refractivity (Wildman–Crippen MR) is 153 cm³/mol. The summed E-state index contributed by atoms with van der Waals surface area (Å²) in [6, 6.07) is 5.58. The van der Waals surface area contributed by atoms with Gasteiger partial charge in [0, 0.05) is 29.8 Å². The highest BCUT2D eigenvalue weighted by atomic mass is 35.5. The van der Waals surface area contributed by atoms with Crippen LogP contribution in [0.1, 0.15) is 77.7 Å². The Morgan fingerprint density at radius 1 is 1.27 bits per heavy atom. The van der Waals surface area contributed by atoms with Crippen LogP contribution in [0.15, 0.2) is 29.4 Å². The molecule has 2 fully saturated rings. The molecule has 1 saturated carbocycles. The minimum Gasteiger partial charge on any atom is -0.467 e. The number of ether oxygens (including phenoxy) is 1. The first kappa shape index (κ1) is 29.9. The monoisotopic (exact) mass is 569 g/mol. The van der Waals surface area contributed by atoms with Crippen LogP contribution in [0, 0.1) is 29.6 Å². The highest BCUT2D eigenvalue weighted by molar-refractivity contribution is 6.31. The molecule has 216 valence electrons. The third kappa shape index (κ3) is 6.46. The maximum Gasteiger partial charge on any atom is 0.328 e. The van der Waals surface area contributed by atoms with E-state index >= 15 is 0 Å². The van der Waals surface area contributed by atoms with Crippen LogP contribution in [0.5, 0.6) is 0 Å². The maximum absolute atomic E-state index is 14.2. The van der Waals surface area contributed by atoms with Crippen LogP contribution in [0.2, 0.25) is 5.02 Å². The van der Waals surface area contributed by atoms with Crippen LogP contribution in [0.25, 0.3) is 0 Å². The number of halogens is 1. The zero-order chi connectivity index (χ0) is 29.1. The number of amides is 2. The molecule has 1 unspecified atom stereocenters. The standard InChI is InChI=1S/C31H40ClN3O5/c1-6-11-23(20-12-8-7-9-13-20)27(36)33-26(30(2,3)4)28(37)35-19-31(18-25(35)29(38)39-5)17-24(34-40-31)21-14-10-15-22(32)16-21/h1,10,14-16,20,23,25-26H,7-9,11-13,17-19H2,2-5H3,(H,33,36)/t23?,25-,26+,31+/m0/s1. The van der Waals surface area contributed by atoms with Crippen LogP contribution in [-0.2, 0) is 24.0 Å². The zero-order valence-corrected chi connectivity index (χ0v) is 24.6. The van der Waals surface area contributed by atoms with E-state index in [9.17, 15) is 14.4 Å². The number of benzene rings is 1. The van der Waals surface area contributed by atoms with E-state index in [0.717, 1.165) is 31.2 Å². The molecule has 2 heterocycles. The molecule has 1 saturated heterocycles. The Labute approximate surface area is 242 Å². The average molecular weight is 570 g/mol. The quantitative estimate of drug-likeness (QED) is 0.378. The van der Waals surface area contributed by atoms with Crippen LogP contribution in [-0.4, -0.2) is 59.7 Å². The lowest BCUT2D eigenvalue weighted by Crippen LogP contribution is -2.58. The van der Waals surface area contributed by atoms with Gasteiger partial charge in [-0.05, 0) is 36.3 Å². The molecule has 9 heteroatoms. The van der Waals surface area contributed by atoms with Crippen molar-refractivity contribution in [3.05, 3.63) is 34.9 Å². The van der Waals surface area contributed by atoms with E-state index in [1.807, 2.05) is 39.0 Å². The van der Waals surface area contributed by atoms with Crippen molar-refractivity contribution < 1.29 is 24.0 Å². The molecule has 0 bridgehead atoms. The van der Waals surface area contributed by atoms with Crippen molar-refractivity contribution in [1.29, 1.82) is 0 Å². The summed E-state index contributed by atoms with van der Waals surface area (Å²) in [5, 5.41) is 7.94. The molecule has 1 aliphatic carbocycles. The number of methoxy groups -OCH3 is 1. The van der Waals surface area contributed by atoms with Gasteiger partial charge in [0.2, 0.25) is 11.8 Å². The van der Waals surface area contributed by atoms with Gasteiger partial charge in [-0.15, -0.1) is 12.3 Å². The maximum atomic E-state index is 14.2. The second-order valence-electron chi connectivity index (χ2n) is 12.4. The Bertz CT molecular complexity index is 1200. The van der Waals surface area contributed by atoms with Gasteiger partial charge in [0.15, 0.2) is 5.60 Å². The van der Waals surface area contributed by atoms with Gasteiger partial charge in [-0.25, -0.2) is 4.79 Å². The van der Waals surface area contributed by atoms with E-state index in [0.29, 0.717) is 23.6 Å². The highest BCUT2D eigenvalue weighted by Crippen LogP contribution is 2.40. The molecular weight excluding hydrogens is 530 g/mol. The molecule has 3 aliphatic rings. The third-order valence-electron chi connectivity index (χ3n) is 8.45. The van der Waals surface area contributed by atoms with Gasteiger partial charge in [0.25, 0.3) is 0 Å². The molecule has 4 atom stereocenters. The number of nitrogens with one attached hydrogen (secondary N) is 1. The van der Waals surface area contributed by atoms with Crippen molar-refractivity contribution in [2.75, 3.05) is 13.7 Å². The minimum atomic E-state index is -0.882. The fourth-order valence-electron chi connectivity index (χ4n) is 6.27. The highest BCUT2D eigenvalue weighted by Gasteiger charge is 2.56. The Hall–Kier alpha value is -3.05. The number of hydrogen-bond donors (Lipinski definition) is 1. The summed E-state index contributed by atoms with van der Waals surface area (Å²) < 4.78 is 5.09. The number of hydrogen-bond acceptors (Lipinski definition) is 6. The molecule has 1 N–H and O–H groups in total. The van der Waals surface area contributed by atoms with E-state index in [1.54, 1.807) is 6.07 Å². The lowest BCUT2D eigenvalue weighted by molar-refractivity contribution is -0.153. The fraction of sp³-hybridized carbons (Fsp3) is 0.613. The molecule has 2 aliphatic heterocycles. The molecule has 0 radical (unpaired) electrons. The van der Waals surface area contributed by atoms with Crippen molar-refractivity contribution in [2.24, 2.45) is 22.4 Å². The number of terminal acetylenes is 1. The van der Waals surface area contributed by atoms with Crippen LogP contribution >= 0.6 is 11.6 Å².